The van der Waals surface area contributed by atoms with Gasteiger partial charge in [-0.1, -0.05) is 11.6 Å². The SMILES string of the molecule is C[C@@H](NCc1cc(Cl)c2c(c1)OCCCO2)c1ccco1. The number of furan rings is 1. The summed E-state index contributed by atoms with van der Waals surface area (Å²) in [5.74, 6) is 2.29. The Labute approximate surface area is 129 Å². The highest BCUT2D eigenvalue weighted by Gasteiger charge is 2.16. The van der Waals surface area contributed by atoms with Crippen molar-refractivity contribution in [2.24, 2.45) is 0 Å². The molecule has 1 aromatic heterocycles. The number of hydrogen-bond acceptors (Lipinski definition) is 4. The molecular weight excluding hydrogens is 290 g/mol. The number of rotatable bonds is 4. The van der Waals surface area contributed by atoms with E-state index in [1.807, 2.05) is 24.3 Å². The Morgan fingerprint density at radius 3 is 2.95 bits per heavy atom. The minimum Gasteiger partial charge on any atom is -0.489 e. The first-order valence-corrected chi connectivity index (χ1v) is 7.46. The van der Waals surface area contributed by atoms with Gasteiger partial charge in [0.1, 0.15) is 5.76 Å². The third-order valence-corrected chi connectivity index (χ3v) is 3.73. The van der Waals surface area contributed by atoms with Crippen LogP contribution >= 0.6 is 11.6 Å². The zero-order valence-electron chi connectivity index (χ0n) is 11.9. The molecule has 3 rings (SSSR count). The quantitative estimate of drug-likeness (QED) is 0.929. The summed E-state index contributed by atoms with van der Waals surface area (Å²) in [5, 5.41) is 4.00. The van der Waals surface area contributed by atoms with Crippen LogP contribution in [0, 0.1) is 0 Å². The molecule has 0 radical (unpaired) electrons. The maximum absolute atomic E-state index is 6.28. The highest BCUT2D eigenvalue weighted by atomic mass is 35.5. The Bertz CT molecular complexity index is 598. The van der Waals surface area contributed by atoms with Crippen molar-refractivity contribution in [3.63, 3.8) is 0 Å². The van der Waals surface area contributed by atoms with E-state index < -0.39 is 0 Å². The van der Waals surface area contributed by atoms with Crippen LogP contribution in [0.1, 0.15) is 30.7 Å². The van der Waals surface area contributed by atoms with Gasteiger partial charge in [0.2, 0.25) is 0 Å². The lowest BCUT2D eigenvalue weighted by molar-refractivity contribution is 0.297. The largest absolute Gasteiger partial charge is 0.489 e. The maximum Gasteiger partial charge on any atom is 0.179 e. The average molecular weight is 308 g/mol. The van der Waals surface area contributed by atoms with E-state index in [-0.39, 0.29) is 6.04 Å². The van der Waals surface area contributed by atoms with Gasteiger partial charge in [0, 0.05) is 13.0 Å². The molecular formula is C16H18ClNO3. The van der Waals surface area contributed by atoms with E-state index in [9.17, 15) is 0 Å². The molecule has 1 atom stereocenters. The van der Waals surface area contributed by atoms with Crippen LogP contribution in [0.3, 0.4) is 0 Å². The predicted octanol–water partition coefficient (Wildman–Crippen LogP) is 3.95. The lowest BCUT2D eigenvalue weighted by Crippen LogP contribution is -2.17. The molecule has 4 nitrogen and oxygen atoms in total. The lowest BCUT2D eigenvalue weighted by Gasteiger charge is -2.14. The van der Waals surface area contributed by atoms with Crippen LogP contribution < -0.4 is 14.8 Å². The fourth-order valence-electron chi connectivity index (χ4n) is 2.30. The minimum atomic E-state index is 0.134. The Kier molecular flexibility index (Phi) is 4.36. The highest BCUT2D eigenvalue weighted by molar-refractivity contribution is 6.32. The first kappa shape index (κ1) is 14.3. The normalized spacial score (nSPS) is 15.5. The molecule has 1 aliphatic rings. The summed E-state index contributed by atoms with van der Waals surface area (Å²) in [6.45, 7) is 4.03. The van der Waals surface area contributed by atoms with E-state index in [1.165, 1.54) is 0 Å². The van der Waals surface area contributed by atoms with Gasteiger partial charge in [-0.2, -0.15) is 0 Å². The smallest absolute Gasteiger partial charge is 0.179 e. The number of halogens is 1. The van der Waals surface area contributed by atoms with Crippen LogP contribution in [-0.2, 0) is 6.54 Å². The highest BCUT2D eigenvalue weighted by Crippen LogP contribution is 2.38. The fraction of sp³-hybridized carbons (Fsp3) is 0.375. The van der Waals surface area contributed by atoms with Crippen molar-refractivity contribution >= 4 is 11.6 Å². The zero-order valence-corrected chi connectivity index (χ0v) is 12.7. The summed E-state index contributed by atoms with van der Waals surface area (Å²) in [6, 6.07) is 7.87. The topological polar surface area (TPSA) is 43.6 Å². The Morgan fingerprint density at radius 2 is 2.14 bits per heavy atom. The molecule has 0 amide bonds. The van der Waals surface area contributed by atoms with E-state index in [4.69, 9.17) is 25.5 Å². The second-order valence-corrected chi connectivity index (χ2v) is 5.48. The Hall–Kier alpha value is -1.65. The summed E-state index contributed by atoms with van der Waals surface area (Å²) in [4.78, 5) is 0. The third kappa shape index (κ3) is 3.34. The molecule has 2 aromatic rings. The van der Waals surface area contributed by atoms with Crippen molar-refractivity contribution in [3.05, 3.63) is 46.9 Å². The van der Waals surface area contributed by atoms with E-state index in [0.717, 1.165) is 23.5 Å². The molecule has 1 N–H and O–H groups in total. The summed E-state index contributed by atoms with van der Waals surface area (Å²) in [7, 11) is 0. The van der Waals surface area contributed by atoms with Crippen molar-refractivity contribution in [2.45, 2.75) is 25.9 Å². The Morgan fingerprint density at radius 1 is 1.29 bits per heavy atom. The fourth-order valence-corrected chi connectivity index (χ4v) is 2.58. The number of hydrogen-bond donors (Lipinski definition) is 1. The van der Waals surface area contributed by atoms with Crippen LogP contribution in [0.15, 0.2) is 34.9 Å². The molecule has 1 aromatic carbocycles. The molecule has 0 saturated carbocycles. The van der Waals surface area contributed by atoms with Crippen LogP contribution in [0.25, 0.3) is 0 Å². The molecule has 0 unspecified atom stereocenters. The first-order chi connectivity index (χ1) is 10.2. The maximum atomic E-state index is 6.28. The van der Waals surface area contributed by atoms with Crippen molar-refractivity contribution in [1.29, 1.82) is 0 Å². The van der Waals surface area contributed by atoms with E-state index in [1.54, 1.807) is 6.26 Å². The lowest BCUT2D eigenvalue weighted by atomic mass is 10.1. The van der Waals surface area contributed by atoms with Gasteiger partial charge >= 0.3 is 0 Å². The molecule has 0 fully saturated rings. The van der Waals surface area contributed by atoms with E-state index in [0.29, 0.717) is 30.5 Å². The Balaban J connectivity index is 1.71. The number of ether oxygens (including phenoxy) is 2. The van der Waals surface area contributed by atoms with Crippen LogP contribution in [-0.4, -0.2) is 13.2 Å². The molecule has 21 heavy (non-hydrogen) atoms. The molecule has 1 aliphatic heterocycles. The van der Waals surface area contributed by atoms with Gasteiger partial charge in [-0.25, -0.2) is 0 Å². The molecule has 0 spiro atoms. The first-order valence-electron chi connectivity index (χ1n) is 7.09. The van der Waals surface area contributed by atoms with Gasteiger partial charge in [-0.15, -0.1) is 0 Å². The summed E-state index contributed by atoms with van der Waals surface area (Å²) in [5.41, 5.74) is 1.06. The van der Waals surface area contributed by atoms with Gasteiger partial charge in [-0.3, -0.25) is 0 Å². The number of nitrogens with one attached hydrogen (secondary N) is 1. The monoisotopic (exact) mass is 307 g/mol. The standard InChI is InChI=1S/C16H18ClNO3/c1-11(14-4-2-5-19-14)18-10-12-8-13(17)16-15(9-12)20-6-3-7-21-16/h2,4-5,8-9,11,18H,3,6-7,10H2,1H3/t11-/m1/s1. The van der Waals surface area contributed by atoms with Crippen LogP contribution in [0.5, 0.6) is 11.5 Å². The summed E-state index contributed by atoms with van der Waals surface area (Å²) in [6.07, 6.45) is 2.55. The van der Waals surface area contributed by atoms with Crippen molar-refractivity contribution in [1.82, 2.24) is 5.32 Å². The number of fused-ring (bicyclic) bond motifs is 1. The molecule has 5 heteroatoms. The summed E-state index contributed by atoms with van der Waals surface area (Å²) >= 11 is 6.28. The predicted molar refractivity (Wildman–Crippen MR) is 81.0 cm³/mol. The van der Waals surface area contributed by atoms with Crippen molar-refractivity contribution < 1.29 is 13.9 Å². The van der Waals surface area contributed by atoms with Gasteiger partial charge in [0.05, 0.1) is 30.5 Å². The second-order valence-electron chi connectivity index (χ2n) is 5.07. The van der Waals surface area contributed by atoms with Crippen LogP contribution in [0.4, 0.5) is 0 Å². The zero-order chi connectivity index (χ0) is 14.7. The van der Waals surface area contributed by atoms with E-state index >= 15 is 0 Å². The van der Waals surface area contributed by atoms with Gasteiger partial charge in [-0.05, 0) is 36.8 Å². The number of benzene rings is 1. The molecule has 112 valence electrons. The molecule has 0 bridgehead atoms. The van der Waals surface area contributed by atoms with Gasteiger partial charge in [0.25, 0.3) is 0 Å². The van der Waals surface area contributed by atoms with Crippen molar-refractivity contribution in [2.75, 3.05) is 13.2 Å². The molecule has 0 saturated heterocycles. The van der Waals surface area contributed by atoms with Crippen molar-refractivity contribution in [3.8, 4) is 11.5 Å². The minimum absolute atomic E-state index is 0.134. The average Bonchev–Trinajstić information content (AvgIpc) is 2.91. The van der Waals surface area contributed by atoms with Gasteiger partial charge < -0.3 is 19.2 Å². The third-order valence-electron chi connectivity index (χ3n) is 3.44. The summed E-state index contributed by atoms with van der Waals surface area (Å²) < 4.78 is 16.7. The molecule has 0 aliphatic carbocycles. The second kappa shape index (κ2) is 6.41. The molecule has 2 heterocycles. The van der Waals surface area contributed by atoms with E-state index in [2.05, 4.69) is 12.2 Å². The van der Waals surface area contributed by atoms with Crippen LogP contribution in [0.2, 0.25) is 5.02 Å². The van der Waals surface area contributed by atoms with Gasteiger partial charge in [0.15, 0.2) is 11.5 Å².